The number of amides is 2. The summed E-state index contributed by atoms with van der Waals surface area (Å²) in [7, 11) is 0. The molecule has 0 aliphatic rings. The molecule has 0 saturated carbocycles. The monoisotopic (exact) mass is 383 g/mol. The fourth-order valence-electron chi connectivity index (χ4n) is 2.34. The van der Waals surface area contributed by atoms with Gasteiger partial charge in [0.25, 0.3) is 5.91 Å². The van der Waals surface area contributed by atoms with Crippen molar-refractivity contribution >= 4 is 28.3 Å². The van der Waals surface area contributed by atoms with Gasteiger partial charge in [-0.3, -0.25) is 14.6 Å². The topological polar surface area (TPSA) is 88.9 Å². The van der Waals surface area contributed by atoms with E-state index in [1.807, 2.05) is 34.3 Å². The van der Waals surface area contributed by atoms with Crippen molar-refractivity contribution in [1.82, 2.24) is 19.9 Å². The Morgan fingerprint density at radius 2 is 2.00 bits per heavy atom. The Morgan fingerprint density at radius 1 is 1.19 bits per heavy atom. The molecular formula is C19H21N5O2S. The van der Waals surface area contributed by atoms with Crippen LogP contribution in [0.1, 0.15) is 31.1 Å². The molecule has 27 heavy (non-hydrogen) atoms. The third-order valence-electron chi connectivity index (χ3n) is 3.82. The molecule has 3 aromatic rings. The molecule has 0 aliphatic carbocycles. The number of nitrogens with zero attached hydrogens (tertiary/aromatic N) is 3. The molecule has 0 spiro atoms. The van der Waals surface area contributed by atoms with Gasteiger partial charge in [-0.1, -0.05) is 6.07 Å². The second-order valence-electron chi connectivity index (χ2n) is 6.96. The smallest absolute Gasteiger partial charge is 0.253 e. The number of rotatable bonds is 5. The van der Waals surface area contributed by atoms with Crippen LogP contribution in [-0.4, -0.2) is 32.9 Å². The predicted octanol–water partition coefficient (Wildman–Crippen LogP) is 3.13. The first-order valence-electron chi connectivity index (χ1n) is 8.46. The van der Waals surface area contributed by atoms with Gasteiger partial charge in [0.2, 0.25) is 5.91 Å². The minimum absolute atomic E-state index is 0.105. The highest BCUT2D eigenvalue weighted by molar-refractivity contribution is 7.14. The zero-order valence-corrected chi connectivity index (χ0v) is 16.2. The third kappa shape index (κ3) is 4.79. The summed E-state index contributed by atoms with van der Waals surface area (Å²) in [5, 5.41) is 7.60. The van der Waals surface area contributed by atoms with Crippen molar-refractivity contribution in [3.05, 3.63) is 53.8 Å². The van der Waals surface area contributed by atoms with Crippen LogP contribution in [0.4, 0.5) is 5.13 Å². The van der Waals surface area contributed by atoms with Crippen LogP contribution < -0.4 is 10.6 Å². The molecule has 0 aromatic carbocycles. The number of carbonyl (C=O) groups excluding carboxylic acids is 2. The van der Waals surface area contributed by atoms with Crippen LogP contribution >= 0.6 is 11.3 Å². The van der Waals surface area contributed by atoms with E-state index in [0.717, 1.165) is 5.69 Å². The maximum absolute atomic E-state index is 12.2. The van der Waals surface area contributed by atoms with E-state index >= 15 is 0 Å². The number of aromatic nitrogens is 3. The molecule has 0 aliphatic heterocycles. The van der Waals surface area contributed by atoms with Crippen LogP contribution in [0, 0.1) is 0 Å². The van der Waals surface area contributed by atoms with Gasteiger partial charge in [-0.05, 0) is 39.0 Å². The zero-order valence-electron chi connectivity index (χ0n) is 15.4. The number of pyridine rings is 1. The Balaban J connectivity index is 1.53. The van der Waals surface area contributed by atoms with E-state index in [1.54, 1.807) is 18.5 Å². The highest BCUT2D eigenvalue weighted by Gasteiger charge is 2.16. The second kappa shape index (κ2) is 7.71. The minimum atomic E-state index is -0.333. The lowest BCUT2D eigenvalue weighted by molar-refractivity contribution is -0.115. The molecule has 0 bridgehead atoms. The summed E-state index contributed by atoms with van der Waals surface area (Å²) in [6, 6.07) is 7.29. The standard InChI is InChI=1S/C19H21N5O2S/c1-19(2,3)24-9-7-13(11-24)17(26)21-10-16(25)23-18-22-15(12-27-18)14-6-4-5-8-20-14/h4-9,11-12H,10H2,1-3H3,(H,21,26)(H,22,23,25). The second-order valence-corrected chi connectivity index (χ2v) is 7.82. The molecule has 0 fully saturated rings. The lowest BCUT2D eigenvalue weighted by Gasteiger charge is -2.20. The first-order chi connectivity index (χ1) is 12.8. The molecule has 3 heterocycles. The van der Waals surface area contributed by atoms with E-state index in [0.29, 0.717) is 16.4 Å². The Morgan fingerprint density at radius 3 is 2.67 bits per heavy atom. The van der Waals surface area contributed by atoms with Gasteiger partial charge in [0.15, 0.2) is 5.13 Å². The average Bonchev–Trinajstić information content (AvgIpc) is 3.30. The quantitative estimate of drug-likeness (QED) is 0.708. The molecule has 2 N–H and O–H groups in total. The summed E-state index contributed by atoms with van der Waals surface area (Å²) < 4.78 is 1.96. The minimum Gasteiger partial charge on any atom is -0.348 e. The van der Waals surface area contributed by atoms with Crippen LogP contribution in [0.3, 0.4) is 0 Å². The van der Waals surface area contributed by atoms with Crippen molar-refractivity contribution < 1.29 is 9.59 Å². The summed E-state index contributed by atoms with van der Waals surface area (Å²) >= 11 is 1.31. The summed E-state index contributed by atoms with van der Waals surface area (Å²) in [6.45, 7) is 6.03. The highest BCUT2D eigenvalue weighted by Crippen LogP contribution is 2.22. The van der Waals surface area contributed by atoms with E-state index in [1.165, 1.54) is 11.3 Å². The van der Waals surface area contributed by atoms with Crippen molar-refractivity contribution in [1.29, 1.82) is 0 Å². The number of hydrogen-bond acceptors (Lipinski definition) is 5. The van der Waals surface area contributed by atoms with Crippen LogP contribution in [0.15, 0.2) is 48.2 Å². The van der Waals surface area contributed by atoms with E-state index in [4.69, 9.17) is 0 Å². The van der Waals surface area contributed by atoms with Gasteiger partial charge in [-0.2, -0.15) is 0 Å². The Hall–Kier alpha value is -3.00. The van der Waals surface area contributed by atoms with Crippen LogP contribution in [0.2, 0.25) is 0 Å². The maximum Gasteiger partial charge on any atom is 0.253 e. The summed E-state index contributed by atoms with van der Waals surface area (Å²) in [4.78, 5) is 32.9. The summed E-state index contributed by atoms with van der Waals surface area (Å²) in [5.41, 5.74) is 1.85. The molecule has 3 aromatic heterocycles. The van der Waals surface area contributed by atoms with Gasteiger partial charge in [0.1, 0.15) is 5.69 Å². The van der Waals surface area contributed by atoms with Crippen molar-refractivity contribution in [2.45, 2.75) is 26.3 Å². The van der Waals surface area contributed by atoms with E-state index in [-0.39, 0.29) is 23.9 Å². The third-order valence-corrected chi connectivity index (χ3v) is 4.57. The fourth-order valence-corrected chi connectivity index (χ4v) is 3.06. The lowest BCUT2D eigenvalue weighted by atomic mass is 10.1. The Labute approximate surface area is 161 Å². The lowest BCUT2D eigenvalue weighted by Crippen LogP contribution is -2.32. The molecule has 0 atom stereocenters. The van der Waals surface area contributed by atoms with Crippen molar-refractivity contribution in [2.75, 3.05) is 11.9 Å². The zero-order chi connectivity index (χ0) is 19.4. The molecule has 2 amide bonds. The average molecular weight is 383 g/mol. The number of thiazole rings is 1. The van der Waals surface area contributed by atoms with Gasteiger partial charge in [-0.15, -0.1) is 11.3 Å². The van der Waals surface area contributed by atoms with Gasteiger partial charge in [0.05, 0.1) is 17.8 Å². The number of hydrogen-bond donors (Lipinski definition) is 2. The van der Waals surface area contributed by atoms with Crippen LogP contribution in [0.5, 0.6) is 0 Å². The Kier molecular flexibility index (Phi) is 5.36. The first-order valence-corrected chi connectivity index (χ1v) is 9.34. The molecule has 7 nitrogen and oxygen atoms in total. The normalized spacial score (nSPS) is 11.2. The van der Waals surface area contributed by atoms with E-state index in [9.17, 15) is 9.59 Å². The predicted molar refractivity (Wildman–Crippen MR) is 106 cm³/mol. The molecule has 0 radical (unpaired) electrons. The van der Waals surface area contributed by atoms with Gasteiger partial charge >= 0.3 is 0 Å². The highest BCUT2D eigenvalue weighted by atomic mass is 32.1. The van der Waals surface area contributed by atoms with Crippen molar-refractivity contribution in [3.8, 4) is 11.4 Å². The van der Waals surface area contributed by atoms with Crippen LogP contribution in [-0.2, 0) is 10.3 Å². The van der Waals surface area contributed by atoms with Crippen molar-refractivity contribution in [2.24, 2.45) is 0 Å². The van der Waals surface area contributed by atoms with Gasteiger partial charge in [0, 0.05) is 29.5 Å². The molecule has 0 saturated heterocycles. The molecular weight excluding hydrogens is 362 g/mol. The number of nitrogens with one attached hydrogen (secondary N) is 2. The fraction of sp³-hybridized carbons (Fsp3) is 0.263. The summed E-state index contributed by atoms with van der Waals surface area (Å²) in [6.07, 6.45) is 5.31. The first kappa shape index (κ1) is 18.8. The molecule has 140 valence electrons. The SMILES string of the molecule is CC(C)(C)n1ccc(C(=O)NCC(=O)Nc2nc(-c3ccccn3)cs2)c1. The summed E-state index contributed by atoms with van der Waals surface area (Å²) in [5.74, 6) is -0.623. The largest absolute Gasteiger partial charge is 0.348 e. The van der Waals surface area contributed by atoms with E-state index in [2.05, 4.69) is 41.4 Å². The van der Waals surface area contributed by atoms with Crippen molar-refractivity contribution in [3.63, 3.8) is 0 Å². The number of carbonyl (C=O) groups is 2. The number of anilines is 1. The van der Waals surface area contributed by atoms with E-state index < -0.39 is 0 Å². The van der Waals surface area contributed by atoms with Gasteiger partial charge in [-0.25, -0.2) is 4.98 Å². The molecule has 3 rings (SSSR count). The molecule has 8 heteroatoms. The molecule has 0 unspecified atom stereocenters. The Bertz CT molecular complexity index is 940. The maximum atomic E-state index is 12.2. The van der Waals surface area contributed by atoms with Crippen LogP contribution in [0.25, 0.3) is 11.4 Å². The van der Waals surface area contributed by atoms with Gasteiger partial charge < -0.3 is 15.2 Å².